The summed E-state index contributed by atoms with van der Waals surface area (Å²) in [4.78, 5) is 0. The predicted molar refractivity (Wildman–Crippen MR) is 76.4 cm³/mol. The smallest absolute Gasteiger partial charge is 0.118 e. The topological polar surface area (TPSA) is 21.3 Å². The lowest BCUT2D eigenvalue weighted by atomic mass is 9.76. The molecule has 1 spiro atoms. The number of methoxy groups -OCH3 is 1. The van der Waals surface area contributed by atoms with Gasteiger partial charge < -0.3 is 10.1 Å². The fourth-order valence-electron chi connectivity index (χ4n) is 3.29. The lowest BCUT2D eigenvalue weighted by Crippen LogP contribution is -2.35. The first-order chi connectivity index (χ1) is 8.69. The Morgan fingerprint density at radius 3 is 2.61 bits per heavy atom. The Kier molecular flexibility index (Phi) is 4.28. The molecule has 0 aromatic carbocycles. The Bertz CT molecular complexity index is 384. The summed E-state index contributed by atoms with van der Waals surface area (Å²) in [6.07, 6.45) is 11.4. The van der Waals surface area contributed by atoms with E-state index in [-0.39, 0.29) is 0 Å². The van der Waals surface area contributed by atoms with Crippen LogP contribution in [0.5, 0.6) is 0 Å². The predicted octanol–water partition coefficient (Wildman–Crippen LogP) is 3.57. The molecule has 0 radical (unpaired) electrons. The summed E-state index contributed by atoms with van der Waals surface area (Å²) < 4.78 is 5.40. The van der Waals surface area contributed by atoms with Crippen LogP contribution in [-0.4, -0.2) is 20.2 Å². The molecule has 0 amide bonds. The van der Waals surface area contributed by atoms with Crippen LogP contribution < -0.4 is 5.32 Å². The summed E-state index contributed by atoms with van der Waals surface area (Å²) in [7, 11) is 1.75. The van der Waals surface area contributed by atoms with Crippen molar-refractivity contribution in [3.05, 3.63) is 35.1 Å². The van der Waals surface area contributed by atoms with E-state index in [0.29, 0.717) is 5.41 Å². The summed E-state index contributed by atoms with van der Waals surface area (Å²) >= 11 is 0. The zero-order valence-corrected chi connectivity index (χ0v) is 11.9. The van der Waals surface area contributed by atoms with Crippen LogP contribution in [0.1, 0.15) is 39.5 Å². The molecule has 1 fully saturated rings. The van der Waals surface area contributed by atoms with Crippen molar-refractivity contribution in [3.8, 4) is 0 Å². The zero-order chi connectivity index (χ0) is 13.0. The van der Waals surface area contributed by atoms with Crippen LogP contribution >= 0.6 is 0 Å². The van der Waals surface area contributed by atoms with Crippen LogP contribution in [0.25, 0.3) is 0 Å². The molecule has 100 valence electrons. The van der Waals surface area contributed by atoms with Crippen LogP contribution in [-0.2, 0) is 4.74 Å². The number of piperidine rings is 1. The molecule has 1 heterocycles. The summed E-state index contributed by atoms with van der Waals surface area (Å²) in [5.41, 5.74) is 3.58. The van der Waals surface area contributed by atoms with E-state index in [1.165, 1.54) is 44.3 Å². The standard InChI is InChI=1S/C16H25NO/c1-4-5-15(18-3)10-14-12-16(11-13(14)2)6-8-17-9-7-16/h4-5,10,17H,6-9,11-12H2,1-3H3/b5-4-,15-10+. The monoisotopic (exact) mass is 247 g/mol. The SMILES string of the molecule is C/C=C\C(=C/C1=C(C)CC2(CCNCC2)C1)OC. The van der Waals surface area contributed by atoms with Crippen molar-refractivity contribution in [2.24, 2.45) is 5.41 Å². The Morgan fingerprint density at radius 2 is 2.00 bits per heavy atom. The van der Waals surface area contributed by atoms with Gasteiger partial charge in [-0.25, -0.2) is 0 Å². The number of hydrogen-bond donors (Lipinski definition) is 1. The number of rotatable bonds is 3. The van der Waals surface area contributed by atoms with Crippen molar-refractivity contribution >= 4 is 0 Å². The Balaban J connectivity index is 2.12. The van der Waals surface area contributed by atoms with E-state index in [2.05, 4.69) is 18.3 Å². The van der Waals surface area contributed by atoms with Gasteiger partial charge in [0.2, 0.25) is 0 Å². The minimum absolute atomic E-state index is 0.538. The molecular weight excluding hydrogens is 222 g/mol. The van der Waals surface area contributed by atoms with E-state index in [1.54, 1.807) is 12.7 Å². The van der Waals surface area contributed by atoms with Gasteiger partial charge in [-0.2, -0.15) is 0 Å². The molecule has 2 heteroatoms. The van der Waals surface area contributed by atoms with E-state index in [9.17, 15) is 0 Å². The molecule has 0 aromatic rings. The van der Waals surface area contributed by atoms with Gasteiger partial charge in [-0.05, 0) is 75.8 Å². The highest BCUT2D eigenvalue weighted by atomic mass is 16.5. The van der Waals surface area contributed by atoms with E-state index in [4.69, 9.17) is 4.74 Å². The molecule has 1 saturated heterocycles. The second-order valence-electron chi connectivity index (χ2n) is 5.66. The molecule has 0 bridgehead atoms. The molecule has 1 N–H and O–H groups in total. The molecule has 2 aliphatic rings. The van der Waals surface area contributed by atoms with Crippen LogP contribution in [0.3, 0.4) is 0 Å². The maximum absolute atomic E-state index is 5.40. The van der Waals surface area contributed by atoms with Gasteiger partial charge in [-0.15, -0.1) is 0 Å². The van der Waals surface area contributed by atoms with Crippen LogP contribution in [0.4, 0.5) is 0 Å². The number of allylic oxidation sites excluding steroid dienone is 5. The van der Waals surface area contributed by atoms with Gasteiger partial charge in [0.05, 0.1) is 7.11 Å². The van der Waals surface area contributed by atoms with Gasteiger partial charge in [0, 0.05) is 0 Å². The van der Waals surface area contributed by atoms with Crippen molar-refractivity contribution < 1.29 is 4.74 Å². The normalized spacial score (nSPS) is 24.3. The average Bonchev–Trinajstić information content (AvgIpc) is 2.66. The Labute approximate surface area is 111 Å². The van der Waals surface area contributed by atoms with Crippen molar-refractivity contribution in [2.45, 2.75) is 39.5 Å². The van der Waals surface area contributed by atoms with Crippen LogP contribution in [0.2, 0.25) is 0 Å². The Hall–Kier alpha value is -1.02. The second kappa shape index (κ2) is 5.75. The first-order valence-electron chi connectivity index (χ1n) is 6.97. The summed E-state index contributed by atoms with van der Waals surface area (Å²) in [6, 6.07) is 0. The van der Waals surface area contributed by atoms with E-state index in [0.717, 1.165) is 5.76 Å². The fraction of sp³-hybridized carbons (Fsp3) is 0.625. The van der Waals surface area contributed by atoms with Gasteiger partial charge in [0.15, 0.2) is 0 Å². The molecule has 0 atom stereocenters. The first kappa shape index (κ1) is 13.4. The molecule has 2 nitrogen and oxygen atoms in total. The van der Waals surface area contributed by atoms with Gasteiger partial charge in [-0.1, -0.05) is 11.6 Å². The van der Waals surface area contributed by atoms with E-state index < -0.39 is 0 Å². The van der Waals surface area contributed by atoms with Gasteiger partial charge in [0.1, 0.15) is 5.76 Å². The molecule has 0 aromatic heterocycles. The largest absolute Gasteiger partial charge is 0.497 e. The first-order valence-corrected chi connectivity index (χ1v) is 6.97. The molecule has 1 aliphatic heterocycles. The van der Waals surface area contributed by atoms with E-state index in [1.807, 2.05) is 19.1 Å². The quantitative estimate of drug-likeness (QED) is 0.608. The van der Waals surface area contributed by atoms with E-state index >= 15 is 0 Å². The summed E-state index contributed by atoms with van der Waals surface area (Å²) in [5, 5.41) is 3.47. The van der Waals surface area contributed by atoms with Gasteiger partial charge >= 0.3 is 0 Å². The average molecular weight is 247 g/mol. The number of nitrogens with one attached hydrogen (secondary N) is 1. The number of hydrogen-bond acceptors (Lipinski definition) is 2. The molecule has 0 saturated carbocycles. The van der Waals surface area contributed by atoms with Crippen molar-refractivity contribution in [1.82, 2.24) is 5.32 Å². The highest BCUT2D eigenvalue weighted by Crippen LogP contribution is 2.48. The van der Waals surface area contributed by atoms with Crippen molar-refractivity contribution in [3.63, 3.8) is 0 Å². The molecule has 18 heavy (non-hydrogen) atoms. The minimum Gasteiger partial charge on any atom is -0.497 e. The second-order valence-corrected chi connectivity index (χ2v) is 5.66. The maximum Gasteiger partial charge on any atom is 0.118 e. The summed E-state index contributed by atoms with van der Waals surface area (Å²) in [5.74, 6) is 0.970. The molecular formula is C16H25NO. The number of ether oxygens (including phenoxy) is 1. The third kappa shape index (κ3) is 2.86. The summed E-state index contributed by atoms with van der Waals surface area (Å²) in [6.45, 7) is 6.66. The highest BCUT2D eigenvalue weighted by molar-refractivity contribution is 5.36. The lowest BCUT2D eigenvalue weighted by molar-refractivity contribution is 0.215. The van der Waals surface area contributed by atoms with Gasteiger partial charge in [-0.3, -0.25) is 0 Å². The van der Waals surface area contributed by atoms with Crippen LogP contribution in [0, 0.1) is 5.41 Å². The maximum atomic E-state index is 5.40. The Morgan fingerprint density at radius 1 is 1.28 bits per heavy atom. The molecule has 1 aliphatic carbocycles. The highest BCUT2D eigenvalue weighted by Gasteiger charge is 2.37. The fourth-order valence-corrected chi connectivity index (χ4v) is 3.29. The molecule has 2 rings (SSSR count). The molecule has 0 unspecified atom stereocenters. The third-order valence-electron chi connectivity index (χ3n) is 4.30. The zero-order valence-electron chi connectivity index (χ0n) is 11.9. The van der Waals surface area contributed by atoms with Crippen LogP contribution in [0.15, 0.2) is 35.1 Å². The lowest BCUT2D eigenvalue weighted by Gasteiger charge is -2.34. The van der Waals surface area contributed by atoms with Crippen molar-refractivity contribution in [2.75, 3.05) is 20.2 Å². The minimum atomic E-state index is 0.538. The van der Waals surface area contributed by atoms with Gasteiger partial charge in [0.25, 0.3) is 0 Å². The van der Waals surface area contributed by atoms with Crippen molar-refractivity contribution in [1.29, 1.82) is 0 Å². The third-order valence-corrected chi connectivity index (χ3v) is 4.30.